The van der Waals surface area contributed by atoms with Crippen molar-refractivity contribution >= 4 is 79.8 Å². The quantitative estimate of drug-likeness (QED) is 0.127. The van der Waals surface area contributed by atoms with Crippen LogP contribution in [0.15, 0.2) is 182 Å². The number of hydrogen-bond acceptors (Lipinski definition) is 2. The zero-order valence-electron chi connectivity index (χ0n) is 38.2. The van der Waals surface area contributed by atoms with E-state index in [-0.39, 0.29) is 11.3 Å². The molecule has 5 aromatic carbocycles. The van der Waals surface area contributed by atoms with E-state index in [1.807, 2.05) is 17.8 Å². The van der Waals surface area contributed by atoms with E-state index < -0.39 is 0 Å². The van der Waals surface area contributed by atoms with Crippen LogP contribution in [-0.2, 0) is 25.7 Å². The maximum absolute atomic E-state index is 4.16. The van der Waals surface area contributed by atoms with Crippen molar-refractivity contribution < 1.29 is 0 Å². The first-order chi connectivity index (χ1) is 32.5. The summed E-state index contributed by atoms with van der Waals surface area (Å²) < 4.78 is 7.59. The summed E-state index contributed by atoms with van der Waals surface area (Å²) in [5, 5.41) is 6.66. The van der Waals surface area contributed by atoms with Gasteiger partial charge in [0.2, 0.25) is 0 Å². The second-order valence-electron chi connectivity index (χ2n) is 17.9. The van der Waals surface area contributed by atoms with Crippen LogP contribution in [0.25, 0.3) is 62.3 Å². The third kappa shape index (κ3) is 7.46. The van der Waals surface area contributed by atoms with Crippen LogP contribution in [0.5, 0.6) is 0 Å². The Balaban J connectivity index is 1.03. The van der Waals surface area contributed by atoms with Gasteiger partial charge >= 0.3 is 0 Å². The van der Waals surface area contributed by atoms with Crippen molar-refractivity contribution in [3.8, 4) is 5.69 Å². The summed E-state index contributed by atoms with van der Waals surface area (Å²) in [7, 11) is 2.16. The minimum atomic E-state index is 0.126. The summed E-state index contributed by atoms with van der Waals surface area (Å²) in [6.07, 6.45) is 35.7. The molecule has 0 spiro atoms. The van der Waals surface area contributed by atoms with Gasteiger partial charge < -0.3 is 18.6 Å². The van der Waals surface area contributed by atoms with Gasteiger partial charge in [-0.2, -0.15) is 0 Å². The molecule has 0 bridgehead atoms. The molecule has 2 aliphatic carbocycles. The van der Waals surface area contributed by atoms with Gasteiger partial charge in [-0.15, -0.1) is 18.3 Å². The third-order valence-corrected chi connectivity index (χ3v) is 14.9. The Morgan fingerprint density at radius 3 is 2.50 bits per heavy atom. The summed E-state index contributed by atoms with van der Waals surface area (Å²) in [4.78, 5) is 3.63. The van der Waals surface area contributed by atoms with Crippen molar-refractivity contribution in [2.45, 2.75) is 68.6 Å². The van der Waals surface area contributed by atoms with Gasteiger partial charge in [0.1, 0.15) is 0 Å². The molecule has 0 saturated carbocycles. The molecule has 0 fully saturated rings. The van der Waals surface area contributed by atoms with Gasteiger partial charge in [-0.25, -0.2) is 0 Å². The third-order valence-electron chi connectivity index (χ3n) is 13.7. The fraction of sp³-hybridized carbons (Fsp3) is 0.180. The molecule has 3 aliphatic rings. The number of aromatic nitrogens is 3. The average molecular weight is 877 g/mol. The van der Waals surface area contributed by atoms with E-state index in [9.17, 15) is 0 Å². The van der Waals surface area contributed by atoms with Gasteiger partial charge in [-0.05, 0) is 147 Å². The predicted molar refractivity (Wildman–Crippen MR) is 285 cm³/mol. The number of thioether (sulfide) groups is 1. The molecule has 326 valence electrons. The van der Waals surface area contributed by atoms with Crippen LogP contribution in [0.3, 0.4) is 0 Å². The van der Waals surface area contributed by atoms with Gasteiger partial charge in [0.15, 0.2) is 0 Å². The summed E-state index contributed by atoms with van der Waals surface area (Å²) in [5.41, 5.74) is 15.4. The molecule has 2 atom stereocenters. The molecule has 3 aromatic heterocycles. The molecule has 2 unspecified atom stereocenters. The van der Waals surface area contributed by atoms with Gasteiger partial charge in [-0.3, -0.25) is 0 Å². The van der Waals surface area contributed by atoms with Crippen LogP contribution < -0.4 is 15.5 Å². The first kappa shape index (κ1) is 41.7. The molecule has 1 aliphatic heterocycles. The van der Waals surface area contributed by atoms with Crippen LogP contribution >= 0.6 is 11.8 Å². The number of allylic oxidation sites excluding steroid dienone is 10. The molecule has 0 radical (unpaired) electrons. The highest BCUT2D eigenvalue weighted by molar-refractivity contribution is 8.00. The topological polar surface area (TPSA) is 18.0 Å². The molecular weight excluding hydrogens is 821 g/mol. The van der Waals surface area contributed by atoms with Gasteiger partial charge in [0.05, 0.1) is 22.4 Å². The number of rotatable bonds is 10. The summed E-state index contributed by atoms with van der Waals surface area (Å²) in [5.74, 6) is 0. The van der Waals surface area contributed by atoms with Crippen molar-refractivity contribution in [3.05, 3.63) is 215 Å². The summed E-state index contributed by atoms with van der Waals surface area (Å²) in [6, 6.07) is 40.7. The molecule has 0 saturated heterocycles. The fourth-order valence-electron chi connectivity index (χ4n) is 10.8. The molecule has 4 nitrogen and oxygen atoms in total. The fourth-order valence-corrected chi connectivity index (χ4v) is 11.8. The zero-order valence-corrected chi connectivity index (χ0v) is 39.0. The first-order valence-corrected chi connectivity index (χ1v) is 24.5. The van der Waals surface area contributed by atoms with Crippen LogP contribution in [0.1, 0.15) is 60.7 Å². The molecule has 5 heteroatoms. The summed E-state index contributed by atoms with van der Waals surface area (Å²) in [6.45, 7) is 8.70. The average Bonchev–Trinajstić information content (AvgIpc) is 3.88. The Morgan fingerprint density at radius 1 is 0.833 bits per heavy atom. The number of hydrogen-bond donors (Lipinski definition) is 0. The van der Waals surface area contributed by atoms with Crippen LogP contribution in [-0.4, -0.2) is 26.0 Å². The van der Waals surface area contributed by atoms with Crippen LogP contribution in [0.4, 0.5) is 11.4 Å². The number of fused-ring (bicyclic) bond motifs is 8. The van der Waals surface area contributed by atoms with Gasteiger partial charge in [-0.1, -0.05) is 109 Å². The molecule has 66 heavy (non-hydrogen) atoms. The Labute approximate surface area is 392 Å². The number of para-hydroxylation sites is 3. The zero-order chi connectivity index (χ0) is 44.7. The molecular formula is C61H56N4S. The Morgan fingerprint density at radius 2 is 1.65 bits per heavy atom. The van der Waals surface area contributed by atoms with Gasteiger partial charge in [0, 0.05) is 78.7 Å². The Bertz CT molecular complexity index is 3470. The van der Waals surface area contributed by atoms with Crippen molar-refractivity contribution in [1.82, 2.24) is 13.7 Å². The maximum Gasteiger partial charge on any atom is 0.0563 e. The number of benzene rings is 5. The molecule has 4 heterocycles. The summed E-state index contributed by atoms with van der Waals surface area (Å²) >= 11 is 1.98. The lowest BCUT2D eigenvalue weighted by atomic mass is 9.97. The molecule has 8 aromatic rings. The SMILES string of the molecule is C=CCc1cc(-n2c3/c(c4ccccc42)=C\Cc2cc4c5ccccc5n(C(/C=C\C)Cc5cn(C6=CC=CCC=C6)c6c5C=CCC6)c4cc2SC(C)/C=3)ccc1N(C)c1ccccc1. The number of anilines is 2. The molecule has 0 amide bonds. The lowest BCUT2D eigenvalue weighted by Gasteiger charge is -2.23. The highest BCUT2D eigenvalue weighted by atomic mass is 32.2. The lowest BCUT2D eigenvalue weighted by Crippen LogP contribution is -2.30. The normalized spacial score (nSPS) is 17.2. The van der Waals surface area contributed by atoms with E-state index in [4.69, 9.17) is 0 Å². The number of nitrogens with zero attached hydrogens (tertiary/aromatic N) is 4. The molecule has 11 rings (SSSR count). The predicted octanol–water partition coefficient (Wildman–Crippen LogP) is 14.0. The lowest BCUT2D eigenvalue weighted by molar-refractivity contribution is 0.638. The minimum Gasteiger partial charge on any atom is -0.344 e. The van der Waals surface area contributed by atoms with Crippen molar-refractivity contribution in [3.63, 3.8) is 0 Å². The van der Waals surface area contributed by atoms with Gasteiger partial charge in [0.25, 0.3) is 0 Å². The second kappa shape index (κ2) is 17.8. The van der Waals surface area contributed by atoms with Crippen LogP contribution in [0.2, 0.25) is 0 Å². The maximum atomic E-state index is 4.16. The van der Waals surface area contributed by atoms with E-state index in [1.54, 1.807) is 0 Å². The highest BCUT2D eigenvalue weighted by Gasteiger charge is 2.25. The monoisotopic (exact) mass is 876 g/mol. The minimum absolute atomic E-state index is 0.126. The highest BCUT2D eigenvalue weighted by Crippen LogP contribution is 2.41. The first-order valence-electron chi connectivity index (χ1n) is 23.6. The van der Waals surface area contributed by atoms with Crippen molar-refractivity contribution in [1.29, 1.82) is 0 Å². The van der Waals surface area contributed by atoms with E-state index in [0.717, 1.165) is 44.2 Å². The van der Waals surface area contributed by atoms with E-state index in [0.29, 0.717) is 0 Å². The molecule has 0 N–H and O–H groups in total. The van der Waals surface area contributed by atoms with Crippen molar-refractivity contribution in [2.24, 2.45) is 0 Å². The Kier molecular flexibility index (Phi) is 11.3. The smallest absolute Gasteiger partial charge is 0.0563 e. The largest absolute Gasteiger partial charge is 0.344 e. The van der Waals surface area contributed by atoms with Crippen molar-refractivity contribution in [2.75, 3.05) is 11.9 Å². The van der Waals surface area contributed by atoms with E-state index in [2.05, 4.69) is 228 Å². The standard InChI is InChI=1S/C61H56N4S/c1-5-20-43-37-49(33-35-55(43)62(4)46-22-12-9-13-23-46)65-57-30-18-15-27-51(57)53-34-32-44-39-54-52-28-16-19-31-58(52)64(60(54)40-61(44)66-42(3)36-59(53)65)48(21-6-2)38-45-41-63(47-24-10-7-8-11-25-47)56-29-17-14-26-50(45)56/h5-7,9-16,18-19,21-28,30-31,33-37,39-42,48H,1,8,17,20,29,32,38H2,2-4H3/b21-6-,53-34-,59-36-. The Hall–Kier alpha value is -6.95. The second-order valence-corrected chi connectivity index (χ2v) is 19.3. The van der Waals surface area contributed by atoms with Crippen LogP contribution in [0, 0.1) is 0 Å². The van der Waals surface area contributed by atoms with E-state index >= 15 is 0 Å². The van der Waals surface area contributed by atoms with E-state index in [1.165, 1.54) is 93.2 Å².